The van der Waals surface area contributed by atoms with Crippen LogP contribution in [0.15, 0.2) is 30.5 Å². The molecule has 0 aliphatic carbocycles. The molecule has 23 heavy (non-hydrogen) atoms. The van der Waals surface area contributed by atoms with Crippen molar-refractivity contribution in [3.63, 3.8) is 0 Å². The second-order valence-corrected chi connectivity index (χ2v) is 4.35. The Balaban J connectivity index is 2.59. The third-order valence-electron chi connectivity index (χ3n) is 3.04. The number of nitriles is 1. The van der Waals surface area contributed by atoms with Gasteiger partial charge in [-0.3, -0.25) is 4.90 Å². The summed E-state index contributed by atoms with van der Waals surface area (Å²) in [7, 11) is 2.68. The topological polar surface area (TPSA) is 101 Å². The maximum Gasteiger partial charge on any atom is 0.324 e. The number of amides is 2. The van der Waals surface area contributed by atoms with E-state index in [1.54, 1.807) is 0 Å². The Hall–Kier alpha value is -3.34. The molecule has 8 heteroatoms. The lowest BCUT2D eigenvalue weighted by Crippen LogP contribution is -2.32. The third-order valence-corrected chi connectivity index (χ3v) is 3.04. The van der Waals surface area contributed by atoms with Gasteiger partial charge in [0.25, 0.3) is 0 Å². The molecule has 2 aromatic rings. The first-order chi connectivity index (χ1) is 11.0. The summed E-state index contributed by atoms with van der Waals surface area (Å²) < 4.78 is 24.1. The van der Waals surface area contributed by atoms with E-state index in [1.165, 1.54) is 38.6 Å². The fourth-order valence-corrected chi connectivity index (χ4v) is 1.99. The molecule has 2 N–H and O–H groups in total. The number of aromatic nitrogens is 1. The van der Waals surface area contributed by atoms with Crippen LogP contribution in [0, 0.1) is 17.1 Å². The van der Waals surface area contributed by atoms with Gasteiger partial charge in [0.05, 0.1) is 31.8 Å². The van der Waals surface area contributed by atoms with Gasteiger partial charge in [-0.2, -0.15) is 5.26 Å². The number of rotatable bonds is 4. The number of benzene rings is 1. The predicted molar refractivity (Wildman–Crippen MR) is 80.2 cm³/mol. The van der Waals surface area contributed by atoms with Gasteiger partial charge in [-0.05, 0) is 12.1 Å². The first-order valence-electron chi connectivity index (χ1n) is 6.39. The maximum atomic E-state index is 14.0. The molecular formula is C15H13FN4O3. The highest BCUT2D eigenvalue weighted by molar-refractivity contribution is 5.99. The molecule has 118 valence electrons. The smallest absolute Gasteiger partial charge is 0.324 e. The second-order valence-electron chi connectivity index (χ2n) is 4.35. The van der Waals surface area contributed by atoms with Crippen molar-refractivity contribution in [3.05, 3.63) is 42.0 Å². The van der Waals surface area contributed by atoms with Gasteiger partial charge in [-0.15, -0.1) is 0 Å². The number of pyridine rings is 1. The summed E-state index contributed by atoms with van der Waals surface area (Å²) in [4.78, 5) is 16.7. The minimum atomic E-state index is -0.862. The number of urea groups is 1. The van der Waals surface area contributed by atoms with Crippen LogP contribution in [0.4, 0.5) is 20.6 Å². The van der Waals surface area contributed by atoms with E-state index in [2.05, 4.69) is 4.98 Å². The molecule has 0 radical (unpaired) electrons. The molecule has 0 fully saturated rings. The van der Waals surface area contributed by atoms with Crippen LogP contribution in [0.3, 0.4) is 0 Å². The molecule has 1 aromatic heterocycles. The number of primary amides is 1. The summed E-state index contributed by atoms with van der Waals surface area (Å²) in [6.07, 6.45) is 1.28. The van der Waals surface area contributed by atoms with Crippen LogP contribution in [-0.4, -0.2) is 25.2 Å². The van der Waals surface area contributed by atoms with Crippen LogP contribution in [0.2, 0.25) is 0 Å². The minimum absolute atomic E-state index is 0.0343. The van der Waals surface area contributed by atoms with Crippen molar-refractivity contribution in [2.75, 3.05) is 19.1 Å². The van der Waals surface area contributed by atoms with Crippen LogP contribution in [0.25, 0.3) is 0 Å². The first kappa shape index (κ1) is 16.0. The fourth-order valence-electron chi connectivity index (χ4n) is 1.99. The number of methoxy groups -OCH3 is 2. The average Bonchev–Trinajstić information content (AvgIpc) is 2.55. The summed E-state index contributed by atoms with van der Waals surface area (Å²) in [6, 6.07) is 6.26. The Morgan fingerprint density at radius 3 is 2.48 bits per heavy atom. The average molecular weight is 316 g/mol. The summed E-state index contributed by atoms with van der Waals surface area (Å²) >= 11 is 0. The van der Waals surface area contributed by atoms with Crippen molar-refractivity contribution >= 4 is 17.4 Å². The van der Waals surface area contributed by atoms with Crippen LogP contribution in [0.1, 0.15) is 5.69 Å². The molecule has 0 saturated carbocycles. The molecule has 0 unspecified atom stereocenters. The summed E-state index contributed by atoms with van der Waals surface area (Å²) in [5.41, 5.74) is 5.92. The van der Waals surface area contributed by atoms with Crippen LogP contribution >= 0.6 is 0 Å². The van der Waals surface area contributed by atoms with E-state index in [0.717, 1.165) is 11.0 Å². The SMILES string of the molecule is COc1cc(OC)c(N(C(N)=O)c2ccc(C#N)nc2)cc1F. The van der Waals surface area contributed by atoms with Gasteiger partial charge < -0.3 is 15.2 Å². The lowest BCUT2D eigenvalue weighted by atomic mass is 10.2. The van der Waals surface area contributed by atoms with E-state index < -0.39 is 11.8 Å². The Labute approximate surface area is 131 Å². The van der Waals surface area contributed by atoms with Gasteiger partial charge >= 0.3 is 6.03 Å². The molecule has 7 nitrogen and oxygen atoms in total. The molecule has 0 saturated heterocycles. The van der Waals surface area contributed by atoms with Crippen molar-refractivity contribution in [2.24, 2.45) is 5.73 Å². The van der Waals surface area contributed by atoms with Crippen molar-refractivity contribution in [1.82, 2.24) is 4.98 Å². The Bertz CT molecular complexity index is 772. The highest BCUT2D eigenvalue weighted by atomic mass is 19.1. The molecule has 0 atom stereocenters. The first-order valence-corrected chi connectivity index (χ1v) is 6.39. The molecule has 1 heterocycles. The van der Waals surface area contributed by atoms with Gasteiger partial charge in [-0.1, -0.05) is 0 Å². The number of nitrogens with zero attached hydrogens (tertiary/aromatic N) is 3. The standard InChI is InChI=1S/C15H13FN4O3/c1-22-13-6-14(23-2)12(5-11(13)16)20(15(18)21)10-4-3-9(7-17)19-8-10/h3-6,8H,1-2H3,(H2,18,21). The maximum absolute atomic E-state index is 14.0. The molecule has 0 spiro atoms. The predicted octanol–water partition coefficient (Wildman–Crippen LogP) is 2.33. The molecule has 0 bridgehead atoms. The van der Waals surface area contributed by atoms with Crippen LogP contribution in [-0.2, 0) is 0 Å². The van der Waals surface area contributed by atoms with E-state index >= 15 is 0 Å². The summed E-state index contributed by atoms with van der Waals surface area (Å²) in [6.45, 7) is 0. The molecule has 1 aromatic carbocycles. The van der Waals surface area contributed by atoms with E-state index in [1.807, 2.05) is 6.07 Å². The number of carbonyl (C=O) groups is 1. The monoisotopic (exact) mass is 316 g/mol. The number of nitrogens with two attached hydrogens (primary N) is 1. The van der Waals surface area contributed by atoms with Gasteiger partial charge in [-0.25, -0.2) is 14.2 Å². The summed E-state index contributed by atoms with van der Waals surface area (Å²) in [5, 5.41) is 8.77. The molecule has 2 rings (SSSR count). The zero-order valence-electron chi connectivity index (χ0n) is 12.4. The lowest BCUT2D eigenvalue weighted by molar-refractivity contribution is 0.256. The number of anilines is 2. The largest absolute Gasteiger partial charge is 0.494 e. The van der Waals surface area contributed by atoms with Crippen LogP contribution in [0.5, 0.6) is 11.5 Å². The van der Waals surface area contributed by atoms with E-state index in [9.17, 15) is 9.18 Å². The molecular weight excluding hydrogens is 303 g/mol. The van der Waals surface area contributed by atoms with Crippen molar-refractivity contribution < 1.29 is 18.7 Å². The highest BCUT2D eigenvalue weighted by Crippen LogP contribution is 2.37. The number of ether oxygens (including phenoxy) is 2. The second kappa shape index (κ2) is 6.62. The van der Waals surface area contributed by atoms with E-state index in [-0.39, 0.29) is 28.6 Å². The van der Waals surface area contributed by atoms with E-state index in [4.69, 9.17) is 20.5 Å². The van der Waals surface area contributed by atoms with Crippen molar-refractivity contribution in [1.29, 1.82) is 5.26 Å². The Morgan fingerprint density at radius 1 is 1.30 bits per heavy atom. The normalized spacial score (nSPS) is 9.83. The zero-order valence-corrected chi connectivity index (χ0v) is 12.4. The number of carbonyl (C=O) groups excluding carboxylic acids is 1. The molecule has 2 amide bonds. The van der Waals surface area contributed by atoms with E-state index in [0.29, 0.717) is 0 Å². The third kappa shape index (κ3) is 3.13. The lowest BCUT2D eigenvalue weighted by Gasteiger charge is -2.23. The number of hydrogen-bond acceptors (Lipinski definition) is 5. The highest BCUT2D eigenvalue weighted by Gasteiger charge is 2.22. The number of hydrogen-bond donors (Lipinski definition) is 1. The van der Waals surface area contributed by atoms with Gasteiger partial charge in [0.15, 0.2) is 11.6 Å². The van der Waals surface area contributed by atoms with Gasteiger partial charge in [0.2, 0.25) is 0 Å². The van der Waals surface area contributed by atoms with Crippen molar-refractivity contribution in [3.8, 4) is 17.6 Å². The molecule has 0 aliphatic heterocycles. The Kier molecular flexibility index (Phi) is 4.61. The van der Waals surface area contributed by atoms with Gasteiger partial charge in [0.1, 0.15) is 17.5 Å². The quantitative estimate of drug-likeness (QED) is 0.932. The molecule has 0 aliphatic rings. The Morgan fingerprint density at radius 2 is 2.00 bits per heavy atom. The zero-order chi connectivity index (χ0) is 17.0. The van der Waals surface area contributed by atoms with Crippen LogP contribution < -0.4 is 20.1 Å². The minimum Gasteiger partial charge on any atom is -0.494 e. The van der Waals surface area contributed by atoms with Crippen molar-refractivity contribution in [2.45, 2.75) is 0 Å². The number of halogens is 1. The fraction of sp³-hybridized carbons (Fsp3) is 0.133. The summed E-state index contributed by atoms with van der Waals surface area (Å²) in [5.74, 6) is -0.532. The van der Waals surface area contributed by atoms with Gasteiger partial charge in [0, 0.05) is 12.1 Å².